The maximum atomic E-state index is 12.8. The van der Waals surface area contributed by atoms with Crippen LogP contribution in [0.15, 0.2) is 24.5 Å². The van der Waals surface area contributed by atoms with Crippen LogP contribution in [-0.2, 0) is 16.0 Å². The molecular weight excluding hydrogens is 514 g/mol. The van der Waals surface area contributed by atoms with E-state index >= 15 is 0 Å². The SMILES string of the molecule is CN(C)[C@@H]1CCN(C(=O)NC2CCCC2)[C@H]1Cc1cccnc1.O=C(O)C(F)(F)F.O=C(O)C(F)(F)F. The zero-order valence-corrected chi connectivity index (χ0v) is 20.2. The molecule has 3 N–H and O–H groups in total. The third kappa shape index (κ3) is 11.2. The molecule has 210 valence electrons. The van der Waals surface area contributed by atoms with Crippen molar-refractivity contribution in [2.75, 3.05) is 20.6 Å². The van der Waals surface area contributed by atoms with E-state index in [0.717, 1.165) is 32.2 Å². The molecule has 0 bridgehead atoms. The van der Waals surface area contributed by atoms with Crippen LogP contribution in [0.3, 0.4) is 0 Å². The van der Waals surface area contributed by atoms with Crippen LogP contribution in [0.2, 0.25) is 0 Å². The second-order valence-electron chi connectivity index (χ2n) is 8.68. The van der Waals surface area contributed by atoms with Crippen molar-refractivity contribution < 1.29 is 50.9 Å². The molecule has 1 aliphatic heterocycles. The fourth-order valence-corrected chi connectivity index (χ4v) is 4.03. The second kappa shape index (κ2) is 14.0. The molecule has 2 aliphatic rings. The summed E-state index contributed by atoms with van der Waals surface area (Å²) in [5, 5.41) is 17.5. The summed E-state index contributed by atoms with van der Waals surface area (Å²) in [6, 6.07) is 5.19. The molecule has 2 heterocycles. The average molecular weight is 544 g/mol. The van der Waals surface area contributed by atoms with Crippen LogP contribution in [0.4, 0.5) is 31.1 Å². The maximum absolute atomic E-state index is 12.8. The number of aliphatic carboxylic acids is 2. The molecular formula is C22H30F6N4O5. The zero-order chi connectivity index (χ0) is 28.4. The number of nitrogens with zero attached hydrogens (tertiary/aromatic N) is 3. The smallest absolute Gasteiger partial charge is 0.475 e. The average Bonchev–Trinajstić information content (AvgIpc) is 3.44. The van der Waals surface area contributed by atoms with E-state index < -0.39 is 24.3 Å². The number of halogens is 6. The van der Waals surface area contributed by atoms with Crippen LogP contribution < -0.4 is 5.32 Å². The molecule has 1 aliphatic carbocycles. The van der Waals surface area contributed by atoms with Gasteiger partial charge >= 0.3 is 30.3 Å². The molecule has 2 amide bonds. The number of pyridine rings is 1. The molecule has 15 heteroatoms. The number of likely N-dealkylation sites (tertiary alicyclic amines) is 1. The van der Waals surface area contributed by atoms with Crippen molar-refractivity contribution >= 4 is 18.0 Å². The highest BCUT2D eigenvalue weighted by molar-refractivity contribution is 5.75. The lowest BCUT2D eigenvalue weighted by Crippen LogP contribution is -2.50. The molecule has 3 rings (SSSR count). The predicted octanol–water partition coefficient (Wildman–Crippen LogP) is 3.55. The Morgan fingerprint density at radius 1 is 1.03 bits per heavy atom. The summed E-state index contributed by atoms with van der Waals surface area (Å²) in [5.41, 5.74) is 1.20. The van der Waals surface area contributed by atoms with Gasteiger partial charge in [-0.2, -0.15) is 26.3 Å². The van der Waals surface area contributed by atoms with Gasteiger partial charge in [0.25, 0.3) is 0 Å². The summed E-state index contributed by atoms with van der Waals surface area (Å²) in [6.45, 7) is 0.840. The molecule has 1 aromatic heterocycles. The van der Waals surface area contributed by atoms with E-state index in [1.165, 1.54) is 18.4 Å². The number of carbonyl (C=O) groups is 3. The molecule has 1 aromatic rings. The first-order valence-corrected chi connectivity index (χ1v) is 11.3. The molecule has 0 aromatic carbocycles. The first-order valence-electron chi connectivity index (χ1n) is 11.3. The lowest BCUT2D eigenvalue weighted by molar-refractivity contribution is -0.193. The number of nitrogens with one attached hydrogen (secondary N) is 1. The van der Waals surface area contributed by atoms with E-state index in [4.69, 9.17) is 19.8 Å². The van der Waals surface area contributed by atoms with Crippen LogP contribution in [-0.4, -0.2) is 94.1 Å². The van der Waals surface area contributed by atoms with Gasteiger partial charge < -0.3 is 25.3 Å². The Morgan fingerprint density at radius 2 is 1.54 bits per heavy atom. The predicted molar refractivity (Wildman–Crippen MR) is 119 cm³/mol. The summed E-state index contributed by atoms with van der Waals surface area (Å²) in [4.78, 5) is 39.1. The van der Waals surface area contributed by atoms with Crippen LogP contribution in [0.1, 0.15) is 37.7 Å². The molecule has 37 heavy (non-hydrogen) atoms. The van der Waals surface area contributed by atoms with Gasteiger partial charge in [0.15, 0.2) is 0 Å². The first-order chi connectivity index (χ1) is 17.0. The Morgan fingerprint density at radius 3 is 1.95 bits per heavy atom. The molecule has 2 fully saturated rings. The van der Waals surface area contributed by atoms with Gasteiger partial charge in [0.2, 0.25) is 0 Å². The number of carbonyl (C=O) groups excluding carboxylic acids is 1. The quantitative estimate of drug-likeness (QED) is 0.496. The topological polar surface area (TPSA) is 123 Å². The van der Waals surface area contributed by atoms with Gasteiger partial charge in [0.1, 0.15) is 0 Å². The van der Waals surface area contributed by atoms with Gasteiger partial charge in [-0.15, -0.1) is 0 Å². The minimum Gasteiger partial charge on any atom is -0.475 e. The molecule has 1 saturated carbocycles. The van der Waals surface area contributed by atoms with Crippen LogP contribution in [0.25, 0.3) is 0 Å². The van der Waals surface area contributed by atoms with Gasteiger partial charge in [-0.1, -0.05) is 18.9 Å². The number of amides is 2. The lowest BCUT2D eigenvalue weighted by atomic mass is 10.0. The maximum Gasteiger partial charge on any atom is 0.490 e. The molecule has 0 spiro atoms. The van der Waals surface area contributed by atoms with Crippen molar-refractivity contribution in [3.63, 3.8) is 0 Å². The normalized spacial score (nSPS) is 20.0. The van der Waals surface area contributed by atoms with Gasteiger partial charge in [0.05, 0.1) is 6.04 Å². The fraction of sp³-hybridized carbons (Fsp3) is 0.636. The third-order valence-corrected chi connectivity index (χ3v) is 5.77. The van der Waals surface area contributed by atoms with Crippen molar-refractivity contribution in [2.45, 2.75) is 69.0 Å². The van der Waals surface area contributed by atoms with Crippen molar-refractivity contribution in [1.29, 1.82) is 0 Å². The Hall–Kier alpha value is -3.10. The van der Waals surface area contributed by atoms with Gasteiger partial charge in [-0.25, -0.2) is 14.4 Å². The highest BCUT2D eigenvalue weighted by Gasteiger charge is 2.40. The van der Waals surface area contributed by atoms with E-state index in [0.29, 0.717) is 12.1 Å². The largest absolute Gasteiger partial charge is 0.490 e. The Balaban J connectivity index is 0.000000404. The lowest BCUT2D eigenvalue weighted by Gasteiger charge is -2.32. The Labute approximate surface area is 209 Å². The molecule has 1 saturated heterocycles. The van der Waals surface area contributed by atoms with Gasteiger partial charge in [-0.05, 0) is 51.4 Å². The summed E-state index contributed by atoms with van der Waals surface area (Å²) >= 11 is 0. The molecule has 9 nitrogen and oxygen atoms in total. The number of likely N-dealkylation sites (N-methyl/N-ethyl adjacent to an activating group) is 1. The number of carboxylic acids is 2. The van der Waals surface area contributed by atoms with E-state index in [2.05, 4.69) is 40.3 Å². The number of hydrogen-bond acceptors (Lipinski definition) is 5. The van der Waals surface area contributed by atoms with E-state index in [1.807, 2.05) is 12.3 Å². The van der Waals surface area contributed by atoms with Crippen LogP contribution in [0.5, 0.6) is 0 Å². The number of hydrogen-bond donors (Lipinski definition) is 3. The monoisotopic (exact) mass is 544 g/mol. The van der Waals surface area contributed by atoms with E-state index in [1.54, 1.807) is 6.20 Å². The Kier molecular flexibility index (Phi) is 12.1. The van der Waals surface area contributed by atoms with E-state index in [-0.39, 0.29) is 12.1 Å². The summed E-state index contributed by atoms with van der Waals surface area (Å²) in [6.07, 6.45) is 0.192. The molecule has 0 radical (unpaired) electrons. The van der Waals surface area contributed by atoms with Gasteiger partial charge in [-0.3, -0.25) is 4.98 Å². The minimum atomic E-state index is -5.08. The highest BCUT2D eigenvalue weighted by Crippen LogP contribution is 2.26. The standard InChI is InChI=1S/C18H28N4O.2C2HF3O2/c1-21(2)16-9-11-22(18(23)20-15-7-3-4-8-15)17(16)12-14-6-5-10-19-13-14;2*3-2(4,5)1(6)7/h5-6,10,13,15-17H,3-4,7-9,11-12H2,1-2H3,(H,20,23);2*(H,6,7)/t16-,17+;;/m1../s1. The Bertz CT molecular complexity index is 853. The zero-order valence-electron chi connectivity index (χ0n) is 20.2. The van der Waals surface area contributed by atoms with Crippen molar-refractivity contribution in [2.24, 2.45) is 0 Å². The number of alkyl halides is 6. The fourth-order valence-electron chi connectivity index (χ4n) is 4.03. The van der Waals surface area contributed by atoms with Crippen LogP contribution in [0, 0.1) is 0 Å². The van der Waals surface area contributed by atoms with Crippen LogP contribution >= 0.6 is 0 Å². The van der Waals surface area contributed by atoms with Crippen molar-refractivity contribution in [3.05, 3.63) is 30.1 Å². The van der Waals surface area contributed by atoms with E-state index in [9.17, 15) is 31.1 Å². The summed E-state index contributed by atoms with van der Waals surface area (Å²) < 4.78 is 63.5. The number of urea groups is 1. The number of carboxylic acid groups (broad SMARTS) is 2. The molecule has 0 unspecified atom stereocenters. The second-order valence-corrected chi connectivity index (χ2v) is 8.68. The summed E-state index contributed by atoms with van der Waals surface area (Å²) in [7, 11) is 4.22. The summed E-state index contributed by atoms with van der Waals surface area (Å²) in [5.74, 6) is -5.51. The highest BCUT2D eigenvalue weighted by atomic mass is 19.4. The number of rotatable bonds is 4. The van der Waals surface area contributed by atoms with Crippen molar-refractivity contribution in [1.82, 2.24) is 20.1 Å². The molecule has 2 atom stereocenters. The number of aromatic nitrogens is 1. The van der Waals surface area contributed by atoms with Crippen molar-refractivity contribution in [3.8, 4) is 0 Å². The minimum absolute atomic E-state index is 0.121. The van der Waals surface area contributed by atoms with Gasteiger partial charge in [0, 0.05) is 31.0 Å². The first kappa shape index (κ1) is 31.9. The third-order valence-electron chi connectivity index (χ3n) is 5.77.